The minimum Gasteiger partial charge on any atom is -0.330 e. The van der Waals surface area contributed by atoms with Gasteiger partial charge in [0.05, 0.1) is 17.1 Å². The Kier molecular flexibility index (Phi) is 5.20. The fourth-order valence-corrected chi connectivity index (χ4v) is 2.60. The summed E-state index contributed by atoms with van der Waals surface area (Å²) in [7, 11) is 0. The molecule has 106 valence electrons. The standard InChI is InChI=1S/C14H18N4OS/c1-10-4-2-5-12(16-10)18-13(19)8-11-9-20-14(17-11)6-3-7-15/h2,4-5,9H,3,6-8,15H2,1H3,(H,16,18,19). The molecule has 0 aliphatic rings. The van der Waals surface area contributed by atoms with Crippen LogP contribution in [0.5, 0.6) is 0 Å². The van der Waals surface area contributed by atoms with E-state index in [0.29, 0.717) is 12.4 Å². The van der Waals surface area contributed by atoms with Crippen molar-refractivity contribution in [3.63, 3.8) is 0 Å². The van der Waals surface area contributed by atoms with Crippen LogP contribution in [-0.4, -0.2) is 22.4 Å². The molecule has 0 aliphatic heterocycles. The summed E-state index contributed by atoms with van der Waals surface area (Å²) in [6.45, 7) is 2.55. The molecule has 2 aromatic rings. The molecule has 3 N–H and O–H groups in total. The van der Waals surface area contributed by atoms with Crippen LogP contribution in [0, 0.1) is 6.92 Å². The smallest absolute Gasteiger partial charge is 0.231 e. The topological polar surface area (TPSA) is 80.9 Å². The average Bonchev–Trinajstić information content (AvgIpc) is 2.83. The van der Waals surface area contributed by atoms with Gasteiger partial charge >= 0.3 is 0 Å². The molecule has 0 saturated carbocycles. The summed E-state index contributed by atoms with van der Waals surface area (Å²) in [6.07, 6.45) is 2.07. The average molecular weight is 290 g/mol. The van der Waals surface area contributed by atoms with Crippen LogP contribution >= 0.6 is 11.3 Å². The highest BCUT2D eigenvalue weighted by Gasteiger charge is 2.08. The van der Waals surface area contributed by atoms with Crippen molar-refractivity contribution >= 4 is 23.1 Å². The first-order valence-corrected chi connectivity index (χ1v) is 7.42. The van der Waals surface area contributed by atoms with E-state index in [0.717, 1.165) is 29.2 Å². The molecule has 6 heteroatoms. The third-order valence-electron chi connectivity index (χ3n) is 2.69. The zero-order valence-corrected chi connectivity index (χ0v) is 12.2. The summed E-state index contributed by atoms with van der Waals surface area (Å²) in [5, 5.41) is 5.74. The maximum Gasteiger partial charge on any atom is 0.231 e. The van der Waals surface area contributed by atoms with Crippen LogP contribution in [0.3, 0.4) is 0 Å². The number of thiazole rings is 1. The van der Waals surface area contributed by atoms with E-state index in [1.165, 1.54) is 0 Å². The van der Waals surface area contributed by atoms with Crippen LogP contribution in [0.1, 0.15) is 22.8 Å². The summed E-state index contributed by atoms with van der Waals surface area (Å²) in [6, 6.07) is 5.53. The van der Waals surface area contributed by atoms with Gasteiger partial charge in [0.25, 0.3) is 0 Å². The first-order chi connectivity index (χ1) is 9.67. The normalized spacial score (nSPS) is 10.5. The molecule has 0 saturated heterocycles. The van der Waals surface area contributed by atoms with E-state index in [2.05, 4.69) is 15.3 Å². The van der Waals surface area contributed by atoms with Gasteiger partial charge in [0.1, 0.15) is 5.82 Å². The van der Waals surface area contributed by atoms with Crippen molar-refractivity contribution in [2.75, 3.05) is 11.9 Å². The van der Waals surface area contributed by atoms with E-state index >= 15 is 0 Å². The molecule has 20 heavy (non-hydrogen) atoms. The largest absolute Gasteiger partial charge is 0.330 e. The SMILES string of the molecule is Cc1cccc(NC(=O)Cc2csc(CCCN)n2)n1. The lowest BCUT2D eigenvalue weighted by molar-refractivity contribution is -0.115. The number of carbonyl (C=O) groups is 1. The van der Waals surface area contributed by atoms with Gasteiger partial charge in [-0.3, -0.25) is 4.79 Å². The van der Waals surface area contributed by atoms with Crippen LogP contribution in [0.15, 0.2) is 23.6 Å². The van der Waals surface area contributed by atoms with Gasteiger partial charge in [-0.25, -0.2) is 9.97 Å². The quantitative estimate of drug-likeness (QED) is 0.851. The van der Waals surface area contributed by atoms with Crippen LogP contribution < -0.4 is 11.1 Å². The number of pyridine rings is 1. The van der Waals surface area contributed by atoms with Crippen molar-refractivity contribution in [1.82, 2.24) is 9.97 Å². The second kappa shape index (κ2) is 7.12. The third kappa shape index (κ3) is 4.40. The summed E-state index contributed by atoms with van der Waals surface area (Å²) in [5.74, 6) is 0.479. The number of hydrogen-bond acceptors (Lipinski definition) is 5. The van der Waals surface area contributed by atoms with E-state index < -0.39 is 0 Å². The molecule has 1 amide bonds. The zero-order valence-electron chi connectivity index (χ0n) is 11.4. The van der Waals surface area contributed by atoms with E-state index in [1.54, 1.807) is 17.4 Å². The number of aromatic nitrogens is 2. The lowest BCUT2D eigenvalue weighted by atomic mass is 10.3. The van der Waals surface area contributed by atoms with Crippen molar-refractivity contribution in [2.45, 2.75) is 26.2 Å². The minimum absolute atomic E-state index is 0.0984. The number of nitrogens with zero attached hydrogens (tertiary/aromatic N) is 2. The number of amides is 1. The van der Waals surface area contributed by atoms with Gasteiger partial charge in [0.2, 0.25) is 5.91 Å². The summed E-state index contributed by atoms with van der Waals surface area (Å²) < 4.78 is 0. The van der Waals surface area contributed by atoms with Gasteiger partial charge in [-0.2, -0.15) is 0 Å². The second-order valence-corrected chi connectivity index (χ2v) is 5.46. The maximum atomic E-state index is 11.9. The van der Waals surface area contributed by atoms with E-state index in [4.69, 9.17) is 5.73 Å². The van der Waals surface area contributed by atoms with Crippen LogP contribution in [-0.2, 0) is 17.6 Å². The Hall–Kier alpha value is -1.79. The summed E-state index contributed by atoms with van der Waals surface area (Å²) in [4.78, 5) is 20.6. The number of carbonyl (C=O) groups excluding carboxylic acids is 1. The van der Waals surface area contributed by atoms with Gasteiger partial charge in [0.15, 0.2) is 0 Å². The fourth-order valence-electron chi connectivity index (χ4n) is 1.76. The van der Waals surface area contributed by atoms with Crippen LogP contribution in [0.4, 0.5) is 5.82 Å². The molecule has 0 aromatic carbocycles. The molecular weight excluding hydrogens is 272 g/mol. The number of anilines is 1. The molecular formula is C14H18N4OS. The molecule has 0 atom stereocenters. The maximum absolute atomic E-state index is 11.9. The van der Waals surface area contributed by atoms with Crippen molar-refractivity contribution in [1.29, 1.82) is 0 Å². The molecule has 2 rings (SSSR count). The fraction of sp³-hybridized carbons (Fsp3) is 0.357. The Morgan fingerprint density at radius 1 is 1.40 bits per heavy atom. The Morgan fingerprint density at radius 2 is 2.25 bits per heavy atom. The predicted molar refractivity (Wildman–Crippen MR) is 80.8 cm³/mol. The Bertz CT molecular complexity index is 582. The highest BCUT2D eigenvalue weighted by atomic mass is 32.1. The molecule has 0 spiro atoms. The van der Waals surface area contributed by atoms with Crippen molar-refractivity contribution in [3.05, 3.63) is 40.0 Å². The van der Waals surface area contributed by atoms with Crippen LogP contribution in [0.2, 0.25) is 0 Å². The highest BCUT2D eigenvalue weighted by Crippen LogP contribution is 2.13. The number of rotatable bonds is 6. The Labute approximate surface area is 122 Å². The van der Waals surface area contributed by atoms with Gasteiger partial charge in [-0.1, -0.05) is 6.07 Å². The molecule has 0 bridgehead atoms. The third-order valence-corrected chi connectivity index (χ3v) is 3.65. The molecule has 2 heterocycles. The number of aryl methyl sites for hydroxylation is 2. The van der Waals surface area contributed by atoms with E-state index in [-0.39, 0.29) is 12.3 Å². The Balaban J connectivity index is 1.89. The predicted octanol–water partition coefficient (Wildman–Crippen LogP) is 1.92. The molecule has 0 aliphatic carbocycles. The van der Waals surface area contributed by atoms with E-state index in [9.17, 15) is 4.79 Å². The first kappa shape index (κ1) is 14.6. The van der Waals surface area contributed by atoms with E-state index in [1.807, 2.05) is 24.4 Å². The number of nitrogens with two attached hydrogens (primary N) is 1. The summed E-state index contributed by atoms with van der Waals surface area (Å²) >= 11 is 1.58. The molecule has 0 unspecified atom stereocenters. The number of hydrogen-bond donors (Lipinski definition) is 2. The first-order valence-electron chi connectivity index (χ1n) is 6.54. The van der Waals surface area contributed by atoms with Gasteiger partial charge in [0, 0.05) is 17.5 Å². The molecule has 5 nitrogen and oxygen atoms in total. The van der Waals surface area contributed by atoms with Crippen molar-refractivity contribution < 1.29 is 4.79 Å². The number of nitrogens with one attached hydrogen (secondary N) is 1. The molecule has 0 fully saturated rings. The lowest BCUT2D eigenvalue weighted by Crippen LogP contribution is -2.15. The monoisotopic (exact) mass is 290 g/mol. The van der Waals surface area contributed by atoms with Crippen LogP contribution in [0.25, 0.3) is 0 Å². The van der Waals surface area contributed by atoms with Gasteiger partial charge in [-0.15, -0.1) is 11.3 Å². The van der Waals surface area contributed by atoms with Crippen molar-refractivity contribution in [3.8, 4) is 0 Å². The minimum atomic E-state index is -0.0984. The Morgan fingerprint density at radius 3 is 3.00 bits per heavy atom. The highest BCUT2D eigenvalue weighted by molar-refractivity contribution is 7.09. The second-order valence-electron chi connectivity index (χ2n) is 4.51. The lowest BCUT2D eigenvalue weighted by Gasteiger charge is -2.03. The van der Waals surface area contributed by atoms with Gasteiger partial charge < -0.3 is 11.1 Å². The zero-order chi connectivity index (χ0) is 14.4. The summed E-state index contributed by atoms with van der Waals surface area (Å²) in [5.41, 5.74) is 7.14. The van der Waals surface area contributed by atoms with Crippen molar-refractivity contribution in [2.24, 2.45) is 5.73 Å². The van der Waals surface area contributed by atoms with Gasteiger partial charge in [-0.05, 0) is 32.0 Å². The molecule has 2 aromatic heterocycles. The molecule has 0 radical (unpaired) electrons.